The lowest BCUT2D eigenvalue weighted by Gasteiger charge is -2.36. The number of alkyl carbamates (subject to hydrolysis) is 1. The Hall–Kier alpha value is -1.87. The smallest absolute Gasteiger partial charge is 0.444 e. The van der Waals surface area contributed by atoms with Crippen molar-refractivity contribution >= 4 is 24.6 Å². The second-order valence-corrected chi connectivity index (χ2v) is 10.1. The molecule has 0 radical (unpaired) electrons. The summed E-state index contributed by atoms with van der Waals surface area (Å²) in [6.07, 6.45) is 6.31. The van der Waals surface area contributed by atoms with Gasteiger partial charge in [-0.05, 0) is 67.7 Å². The molecule has 30 heavy (non-hydrogen) atoms. The number of carbonyl (C=O) groups excluding carboxylic acids is 1. The second kappa shape index (κ2) is 8.34. The molecule has 9 heteroatoms. The van der Waals surface area contributed by atoms with Gasteiger partial charge in [0.2, 0.25) is 5.95 Å². The number of nitrogens with one attached hydrogen (secondary N) is 1. The van der Waals surface area contributed by atoms with Gasteiger partial charge in [-0.3, -0.25) is 0 Å². The van der Waals surface area contributed by atoms with Gasteiger partial charge >= 0.3 is 13.2 Å². The Morgan fingerprint density at radius 2 is 1.80 bits per heavy atom. The quantitative estimate of drug-likeness (QED) is 0.753. The summed E-state index contributed by atoms with van der Waals surface area (Å²) in [7, 11) is -0.477. The fourth-order valence-electron chi connectivity index (χ4n) is 3.57. The molecule has 3 heterocycles. The summed E-state index contributed by atoms with van der Waals surface area (Å²) in [4.78, 5) is 23.4. The number of piperidine rings is 1. The van der Waals surface area contributed by atoms with Crippen LogP contribution in [0.15, 0.2) is 12.4 Å². The number of carbonyl (C=O) groups is 1. The first-order valence-corrected chi connectivity index (χ1v) is 10.8. The molecule has 1 aromatic rings. The van der Waals surface area contributed by atoms with E-state index in [1.165, 1.54) is 0 Å². The first-order valence-electron chi connectivity index (χ1n) is 10.8. The average Bonchev–Trinajstić information content (AvgIpc) is 2.86. The number of ether oxygens (including phenoxy) is 1. The zero-order valence-electron chi connectivity index (χ0n) is 19.3. The van der Waals surface area contributed by atoms with Gasteiger partial charge in [-0.25, -0.2) is 14.8 Å². The summed E-state index contributed by atoms with van der Waals surface area (Å²) in [5.41, 5.74) is -0.510. The monoisotopic (exact) mass is 418 g/mol. The fraction of sp³-hybridized carbons (Fsp3) is 0.762. The van der Waals surface area contributed by atoms with E-state index in [4.69, 9.17) is 14.0 Å². The van der Waals surface area contributed by atoms with E-state index in [1.807, 2.05) is 48.5 Å². The highest BCUT2D eigenvalue weighted by Gasteiger charge is 2.52. The van der Waals surface area contributed by atoms with Gasteiger partial charge < -0.3 is 24.3 Å². The summed E-state index contributed by atoms with van der Waals surface area (Å²) in [5, 5.41) is 2.88. The molecule has 1 amide bonds. The largest absolute Gasteiger partial charge is 0.498 e. The van der Waals surface area contributed by atoms with Crippen LogP contribution in [0.3, 0.4) is 0 Å². The van der Waals surface area contributed by atoms with Gasteiger partial charge in [0.15, 0.2) is 0 Å². The minimum Gasteiger partial charge on any atom is -0.444 e. The number of hydrogen-bond acceptors (Lipinski definition) is 7. The molecule has 2 aliphatic heterocycles. The van der Waals surface area contributed by atoms with E-state index in [9.17, 15) is 4.79 Å². The normalized spacial score (nSPS) is 23.4. The van der Waals surface area contributed by atoms with Crippen LogP contribution in [0.1, 0.15) is 67.7 Å². The molecule has 1 aromatic heterocycles. The molecule has 0 spiro atoms. The van der Waals surface area contributed by atoms with Gasteiger partial charge in [0.05, 0.1) is 11.2 Å². The Balaban J connectivity index is 1.64. The minimum absolute atomic E-state index is 0.133. The van der Waals surface area contributed by atoms with Crippen molar-refractivity contribution in [2.24, 2.45) is 0 Å². The number of amides is 1. The van der Waals surface area contributed by atoms with Crippen LogP contribution in [0.25, 0.3) is 0 Å². The summed E-state index contributed by atoms with van der Waals surface area (Å²) in [6, 6.07) is 0.133. The zero-order valence-corrected chi connectivity index (χ0v) is 19.3. The van der Waals surface area contributed by atoms with Crippen molar-refractivity contribution < 1.29 is 18.8 Å². The standard InChI is InChI=1S/C21H35BN4O4/c1-19(2,3)28-18(27)25-14-16-10-8-9-11-26(16)17-23-12-15(13-24-17)22-29-20(4,5)21(6,7)30-22/h12-13,16H,8-11,14H2,1-7H3,(H,25,27)/t16-/m1/s1. The molecule has 0 bridgehead atoms. The van der Waals surface area contributed by atoms with Crippen LogP contribution in [0.2, 0.25) is 0 Å². The van der Waals surface area contributed by atoms with Gasteiger partial charge in [0, 0.05) is 37.0 Å². The zero-order chi connectivity index (χ0) is 22.2. The predicted octanol–water partition coefficient (Wildman–Crippen LogP) is 2.66. The number of rotatable bonds is 4. The SMILES string of the molecule is CC(C)(C)OC(=O)NC[C@H]1CCCCN1c1ncc(B2OC(C)(C)C(C)(C)O2)cn1. The molecule has 2 aliphatic rings. The fourth-order valence-corrected chi connectivity index (χ4v) is 3.57. The third-order valence-corrected chi connectivity index (χ3v) is 5.95. The first-order chi connectivity index (χ1) is 13.9. The van der Waals surface area contributed by atoms with Crippen LogP contribution in [0.4, 0.5) is 10.7 Å². The Morgan fingerprint density at radius 3 is 2.37 bits per heavy atom. The highest BCUT2D eigenvalue weighted by atomic mass is 16.7. The van der Waals surface area contributed by atoms with Crippen molar-refractivity contribution in [1.82, 2.24) is 15.3 Å². The molecule has 0 aromatic carbocycles. The maximum Gasteiger partial charge on any atom is 0.498 e. The van der Waals surface area contributed by atoms with E-state index in [0.29, 0.717) is 12.5 Å². The van der Waals surface area contributed by atoms with Crippen LogP contribution in [0.5, 0.6) is 0 Å². The summed E-state index contributed by atoms with van der Waals surface area (Å²) in [6.45, 7) is 15.0. The van der Waals surface area contributed by atoms with E-state index in [1.54, 1.807) is 12.4 Å². The number of anilines is 1. The maximum atomic E-state index is 12.0. The number of nitrogens with zero attached hydrogens (tertiary/aromatic N) is 3. The lowest BCUT2D eigenvalue weighted by Crippen LogP contribution is -2.48. The van der Waals surface area contributed by atoms with Crippen molar-refractivity contribution in [1.29, 1.82) is 0 Å². The minimum atomic E-state index is -0.511. The summed E-state index contributed by atoms with van der Waals surface area (Å²) >= 11 is 0. The van der Waals surface area contributed by atoms with E-state index >= 15 is 0 Å². The highest BCUT2D eigenvalue weighted by Crippen LogP contribution is 2.36. The molecular formula is C21H35BN4O4. The average molecular weight is 418 g/mol. The summed E-state index contributed by atoms with van der Waals surface area (Å²) in [5.74, 6) is 0.658. The lowest BCUT2D eigenvalue weighted by molar-refractivity contribution is 0.00578. The van der Waals surface area contributed by atoms with Crippen LogP contribution >= 0.6 is 0 Å². The van der Waals surface area contributed by atoms with Crippen LogP contribution in [-0.2, 0) is 14.0 Å². The van der Waals surface area contributed by atoms with Gasteiger partial charge in [0.25, 0.3) is 0 Å². The highest BCUT2D eigenvalue weighted by molar-refractivity contribution is 6.61. The molecule has 0 aliphatic carbocycles. The van der Waals surface area contributed by atoms with Crippen molar-refractivity contribution in [2.45, 2.75) is 90.6 Å². The Bertz CT molecular complexity index is 732. The predicted molar refractivity (Wildman–Crippen MR) is 117 cm³/mol. The molecule has 0 unspecified atom stereocenters. The van der Waals surface area contributed by atoms with Crippen molar-refractivity contribution in [3.05, 3.63) is 12.4 Å². The molecule has 166 valence electrons. The summed E-state index contributed by atoms with van der Waals surface area (Å²) < 4.78 is 17.5. The second-order valence-electron chi connectivity index (χ2n) is 10.1. The first kappa shape index (κ1) is 22.8. The van der Waals surface area contributed by atoms with E-state index in [2.05, 4.69) is 20.2 Å². The molecule has 1 N–H and O–H groups in total. The van der Waals surface area contributed by atoms with E-state index in [0.717, 1.165) is 31.3 Å². The molecular weight excluding hydrogens is 383 g/mol. The molecule has 8 nitrogen and oxygen atoms in total. The molecule has 2 saturated heterocycles. The van der Waals surface area contributed by atoms with E-state index in [-0.39, 0.29) is 6.04 Å². The van der Waals surface area contributed by atoms with Gasteiger partial charge in [-0.1, -0.05) is 0 Å². The third kappa shape index (κ3) is 5.24. The molecule has 2 fully saturated rings. The van der Waals surface area contributed by atoms with Gasteiger partial charge in [-0.15, -0.1) is 0 Å². The molecule has 1 atom stereocenters. The van der Waals surface area contributed by atoms with Crippen LogP contribution < -0.4 is 15.7 Å². The van der Waals surface area contributed by atoms with Gasteiger partial charge in [-0.2, -0.15) is 0 Å². The Kier molecular flexibility index (Phi) is 6.34. The van der Waals surface area contributed by atoms with Crippen molar-refractivity contribution in [2.75, 3.05) is 18.0 Å². The Labute approximate surface area is 180 Å². The lowest BCUT2D eigenvalue weighted by atomic mass is 9.81. The van der Waals surface area contributed by atoms with Gasteiger partial charge in [0.1, 0.15) is 5.60 Å². The van der Waals surface area contributed by atoms with Crippen molar-refractivity contribution in [3.63, 3.8) is 0 Å². The Morgan fingerprint density at radius 1 is 1.20 bits per heavy atom. The molecule has 3 rings (SSSR count). The maximum absolute atomic E-state index is 12.0. The number of hydrogen-bond donors (Lipinski definition) is 1. The van der Waals surface area contributed by atoms with Crippen molar-refractivity contribution in [3.8, 4) is 0 Å². The number of aromatic nitrogens is 2. The van der Waals surface area contributed by atoms with Crippen LogP contribution in [0, 0.1) is 0 Å². The third-order valence-electron chi connectivity index (χ3n) is 5.95. The molecule has 0 saturated carbocycles. The topological polar surface area (TPSA) is 85.8 Å². The van der Waals surface area contributed by atoms with E-state index < -0.39 is 30.0 Å². The van der Waals surface area contributed by atoms with Crippen LogP contribution in [-0.4, -0.2) is 59.1 Å².